The molecular formula is C19H20FN5O. The zero-order valence-corrected chi connectivity index (χ0v) is 14.3. The van der Waals surface area contributed by atoms with Crippen LogP contribution in [0.2, 0.25) is 0 Å². The number of likely N-dealkylation sites (tertiary alicyclic amines) is 1. The molecule has 0 radical (unpaired) electrons. The van der Waals surface area contributed by atoms with Crippen LogP contribution in [0.3, 0.4) is 0 Å². The van der Waals surface area contributed by atoms with Gasteiger partial charge in [-0.05, 0) is 38.1 Å². The number of para-hydroxylation sites is 1. The number of nitrogens with zero attached hydrogens (tertiary/aromatic N) is 4. The molecule has 3 heterocycles. The molecule has 0 unspecified atom stereocenters. The Balaban J connectivity index is 1.45. The number of ether oxygens (including phenoxy) is 1. The first-order chi connectivity index (χ1) is 12.8. The van der Waals surface area contributed by atoms with Crippen LogP contribution in [0.1, 0.15) is 30.3 Å². The van der Waals surface area contributed by atoms with Crippen LogP contribution in [0.5, 0.6) is 11.6 Å². The molecule has 0 saturated carbocycles. The Morgan fingerprint density at radius 1 is 1.08 bits per heavy atom. The third kappa shape index (κ3) is 3.72. The van der Waals surface area contributed by atoms with Gasteiger partial charge in [-0.1, -0.05) is 12.1 Å². The highest BCUT2D eigenvalue weighted by atomic mass is 19.1. The van der Waals surface area contributed by atoms with Crippen molar-refractivity contribution in [2.75, 3.05) is 13.1 Å². The minimum Gasteiger partial charge on any atom is -0.434 e. The number of piperidine rings is 1. The first-order valence-electron chi connectivity index (χ1n) is 8.73. The summed E-state index contributed by atoms with van der Waals surface area (Å²) in [5, 5.41) is 0. The third-order valence-electron chi connectivity index (χ3n) is 4.64. The predicted molar refractivity (Wildman–Crippen MR) is 94.3 cm³/mol. The monoisotopic (exact) mass is 353 g/mol. The Labute approximate surface area is 151 Å². The lowest BCUT2D eigenvalue weighted by atomic mass is 9.93. The van der Waals surface area contributed by atoms with Crippen molar-refractivity contribution in [1.82, 2.24) is 24.8 Å². The Bertz CT molecular complexity index is 847. The fourth-order valence-corrected chi connectivity index (χ4v) is 3.29. The van der Waals surface area contributed by atoms with Crippen molar-refractivity contribution in [3.63, 3.8) is 0 Å². The molecule has 1 N–H and O–H groups in total. The molecule has 0 bridgehead atoms. The average Bonchev–Trinajstić information content (AvgIpc) is 3.18. The number of aromatic nitrogens is 4. The summed E-state index contributed by atoms with van der Waals surface area (Å²) >= 11 is 0. The molecule has 4 rings (SSSR count). The van der Waals surface area contributed by atoms with Gasteiger partial charge in [-0.15, -0.1) is 0 Å². The molecule has 0 spiro atoms. The van der Waals surface area contributed by atoms with Gasteiger partial charge < -0.3 is 9.72 Å². The van der Waals surface area contributed by atoms with E-state index in [1.54, 1.807) is 36.8 Å². The van der Waals surface area contributed by atoms with E-state index in [0.29, 0.717) is 5.88 Å². The van der Waals surface area contributed by atoms with E-state index in [0.717, 1.165) is 44.0 Å². The van der Waals surface area contributed by atoms with E-state index in [1.165, 1.54) is 6.07 Å². The van der Waals surface area contributed by atoms with Crippen molar-refractivity contribution in [2.45, 2.75) is 25.3 Å². The molecule has 1 aliphatic rings. The van der Waals surface area contributed by atoms with Crippen LogP contribution in [0.25, 0.3) is 0 Å². The van der Waals surface area contributed by atoms with E-state index in [9.17, 15) is 4.39 Å². The van der Waals surface area contributed by atoms with Crippen LogP contribution < -0.4 is 4.74 Å². The topological polar surface area (TPSA) is 66.9 Å². The maximum atomic E-state index is 13.9. The van der Waals surface area contributed by atoms with Crippen LogP contribution in [-0.4, -0.2) is 37.9 Å². The number of hydrogen-bond acceptors (Lipinski definition) is 5. The largest absolute Gasteiger partial charge is 0.434 e. The minimum atomic E-state index is -0.405. The first-order valence-corrected chi connectivity index (χ1v) is 8.73. The third-order valence-corrected chi connectivity index (χ3v) is 4.64. The van der Waals surface area contributed by atoms with Gasteiger partial charge in [0, 0.05) is 30.7 Å². The van der Waals surface area contributed by atoms with Crippen molar-refractivity contribution in [3.05, 3.63) is 66.4 Å². The van der Waals surface area contributed by atoms with Crippen molar-refractivity contribution in [3.8, 4) is 11.6 Å². The van der Waals surface area contributed by atoms with E-state index < -0.39 is 5.82 Å². The summed E-state index contributed by atoms with van der Waals surface area (Å²) in [5.41, 5.74) is 0.799. The Hall–Kier alpha value is -2.80. The summed E-state index contributed by atoms with van der Waals surface area (Å²) in [6.07, 6.45) is 8.76. The van der Waals surface area contributed by atoms with Gasteiger partial charge in [0.25, 0.3) is 0 Å². The van der Waals surface area contributed by atoms with Gasteiger partial charge in [0.05, 0.1) is 6.54 Å². The predicted octanol–water partition coefficient (Wildman–Crippen LogP) is 3.51. The average molecular weight is 353 g/mol. The Kier molecular flexibility index (Phi) is 4.88. The normalized spacial score (nSPS) is 15.9. The van der Waals surface area contributed by atoms with E-state index in [2.05, 4.69) is 24.8 Å². The van der Waals surface area contributed by atoms with Gasteiger partial charge in [-0.3, -0.25) is 9.88 Å². The lowest BCUT2D eigenvalue weighted by molar-refractivity contribution is 0.197. The number of aromatic amines is 1. The fraction of sp³-hybridized carbons (Fsp3) is 0.316. The smallest absolute Gasteiger partial charge is 0.241 e. The zero-order valence-electron chi connectivity index (χ0n) is 14.3. The molecule has 7 heteroatoms. The molecule has 6 nitrogen and oxygen atoms in total. The SMILES string of the molecule is Fc1ccccc1Oc1nccnc1C1CCN(Cc2ncc[nH]2)CC1. The number of H-pyrrole nitrogens is 1. The second-order valence-electron chi connectivity index (χ2n) is 6.37. The van der Waals surface area contributed by atoms with Crippen molar-refractivity contribution in [1.29, 1.82) is 0 Å². The second kappa shape index (κ2) is 7.61. The van der Waals surface area contributed by atoms with Gasteiger partial charge >= 0.3 is 0 Å². The van der Waals surface area contributed by atoms with Crippen molar-refractivity contribution >= 4 is 0 Å². The van der Waals surface area contributed by atoms with Gasteiger partial charge in [0.15, 0.2) is 11.6 Å². The molecule has 0 aliphatic carbocycles. The van der Waals surface area contributed by atoms with Crippen LogP contribution in [0.15, 0.2) is 49.1 Å². The minimum absolute atomic E-state index is 0.171. The molecule has 0 amide bonds. The summed E-state index contributed by atoms with van der Waals surface area (Å²) in [7, 11) is 0. The summed E-state index contributed by atoms with van der Waals surface area (Å²) < 4.78 is 19.6. The molecule has 1 aliphatic heterocycles. The van der Waals surface area contributed by atoms with Crippen molar-refractivity contribution < 1.29 is 9.13 Å². The number of nitrogens with one attached hydrogen (secondary N) is 1. The number of rotatable bonds is 5. The van der Waals surface area contributed by atoms with E-state index in [-0.39, 0.29) is 11.7 Å². The van der Waals surface area contributed by atoms with Crippen LogP contribution in [-0.2, 0) is 6.54 Å². The number of benzene rings is 1. The molecule has 2 aromatic heterocycles. The van der Waals surface area contributed by atoms with Crippen molar-refractivity contribution in [2.24, 2.45) is 0 Å². The highest BCUT2D eigenvalue weighted by Gasteiger charge is 2.25. The van der Waals surface area contributed by atoms with E-state index in [4.69, 9.17) is 4.74 Å². The van der Waals surface area contributed by atoms with Crippen LogP contribution in [0, 0.1) is 5.82 Å². The highest BCUT2D eigenvalue weighted by molar-refractivity contribution is 5.31. The summed E-state index contributed by atoms with van der Waals surface area (Å²) in [6.45, 7) is 2.71. The second-order valence-corrected chi connectivity index (χ2v) is 6.37. The molecule has 0 atom stereocenters. The van der Waals surface area contributed by atoms with Gasteiger partial charge in [0.2, 0.25) is 5.88 Å². The Morgan fingerprint density at radius 2 is 1.88 bits per heavy atom. The van der Waals surface area contributed by atoms with Gasteiger partial charge in [-0.25, -0.2) is 14.4 Å². The number of hydrogen-bond donors (Lipinski definition) is 1. The quantitative estimate of drug-likeness (QED) is 0.760. The van der Waals surface area contributed by atoms with Gasteiger partial charge in [0.1, 0.15) is 11.5 Å². The summed E-state index contributed by atoms with van der Waals surface area (Å²) in [5.74, 6) is 1.38. The molecule has 1 fully saturated rings. The lowest BCUT2D eigenvalue weighted by Gasteiger charge is -2.31. The lowest BCUT2D eigenvalue weighted by Crippen LogP contribution is -2.33. The van der Waals surface area contributed by atoms with E-state index in [1.807, 2.05) is 6.20 Å². The van der Waals surface area contributed by atoms with Gasteiger partial charge in [-0.2, -0.15) is 0 Å². The molecule has 26 heavy (non-hydrogen) atoms. The standard InChI is InChI=1S/C19H20FN5O/c20-15-3-1-2-4-16(15)26-19-18(23-9-10-24-19)14-5-11-25(12-6-14)13-17-21-7-8-22-17/h1-4,7-10,14H,5-6,11-13H2,(H,21,22). The zero-order chi connectivity index (χ0) is 17.8. The highest BCUT2D eigenvalue weighted by Crippen LogP contribution is 2.34. The molecule has 3 aromatic rings. The fourth-order valence-electron chi connectivity index (χ4n) is 3.29. The van der Waals surface area contributed by atoms with Crippen LogP contribution in [0.4, 0.5) is 4.39 Å². The van der Waals surface area contributed by atoms with E-state index >= 15 is 0 Å². The number of halogens is 1. The first kappa shape index (κ1) is 16.7. The molecule has 1 aromatic carbocycles. The Morgan fingerprint density at radius 3 is 2.65 bits per heavy atom. The maximum Gasteiger partial charge on any atom is 0.241 e. The molecular weight excluding hydrogens is 333 g/mol. The number of imidazole rings is 1. The molecule has 134 valence electrons. The molecule has 1 saturated heterocycles. The van der Waals surface area contributed by atoms with Crippen LogP contribution >= 0.6 is 0 Å². The summed E-state index contributed by atoms with van der Waals surface area (Å²) in [4.78, 5) is 18.6. The maximum absolute atomic E-state index is 13.9. The summed E-state index contributed by atoms with van der Waals surface area (Å²) in [6, 6.07) is 6.34.